The van der Waals surface area contributed by atoms with Gasteiger partial charge in [-0.2, -0.15) is 0 Å². The van der Waals surface area contributed by atoms with E-state index in [9.17, 15) is 9.50 Å². The van der Waals surface area contributed by atoms with Crippen LogP contribution in [0.2, 0.25) is 0 Å². The summed E-state index contributed by atoms with van der Waals surface area (Å²) in [4.78, 5) is 1.81. The highest BCUT2D eigenvalue weighted by Gasteiger charge is 2.25. The van der Waals surface area contributed by atoms with Gasteiger partial charge in [-0.15, -0.1) is 0 Å². The third-order valence-corrected chi connectivity index (χ3v) is 3.04. The summed E-state index contributed by atoms with van der Waals surface area (Å²) in [6.45, 7) is 5.88. The number of aliphatic hydroxyl groups excluding tert-OH is 1. The highest BCUT2D eigenvalue weighted by atomic mass is 19.1. The molecule has 5 heteroatoms. The summed E-state index contributed by atoms with van der Waals surface area (Å²) in [6.07, 6.45) is 0. The molecule has 1 aromatic carbocycles. The van der Waals surface area contributed by atoms with Crippen LogP contribution in [0.4, 0.5) is 15.8 Å². The van der Waals surface area contributed by atoms with Gasteiger partial charge in [0.1, 0.15) is 0 Å². The molecule has 0 saturated heterocycles. The number of ether oxygens (including phenoxy) is 1. The average molecular weight is 256 g/mol. The molecule has 1 aromatic rings. The normalized spacial score (nSPS) is 11.4. The van der Waals surface area contributed by atoms with Crippen LogP contribution in [0.3, 0.4) is 0 Å². The van der Waals surface area contributed by atoms with E-state index < -0.39 is 11.4 Å². The quantitative estimate of drug-likeness (QED) is 0.791. The van der Waals surface area contributed by atoms with Crippen LogP contribution in [0.25, 0.3) is 0 Å². The SMILES string of the molecule is CCOc1cc(N(C)C(C)(C)CO)c(N)cc1F. The molecule has 0 fully saturated rings. The van der Waals surface area contributed by atoms with Crippen molar-refractivity contribution in [1.82, 2.24) is 0 Å². The van der Waals surface area contributed by atoms with E-state index >= 15 is 0 Å². The highest BCUT2D eigenvalue weighted by molar-refractivity contribution is 5.70. The van der Waals surface area contributed by atoms with Crippen molar-refractivity contribution in [2.45, 2.75) is 26.3 Å². The van der Waals surface area contributed by atoms with Gasteiger partial charge in [-0.05, 0) is 20.8 Å². The Balaban J connectivity index is 3.20. The van der Waals surface area contributed by atoms with Crippen molar-refractivity contribution in [2.24, 2.45) is 0 Å². The zero-order chi connectivity index (χ0) is 13.9. The summed E-state index contributed by atoms with van der Waals surface area (Å²) >= 11 is 0. The molecule has 1 rings (SSSR count). The largest absolute Gasteiger partial charge is 0.491 e. The molecule has 4 nitrogen and oxygen atoms in total. The molecule has 0 amide bonds. The van der Waals surface area contributed by atoms with Gasteiger partial charge in [0.2, 0.25) is 0 Å². The molecule has 0 unspecified atom stereocenters. The molecule has 0 bridgehead atoms. The first-order chi connectivity index (χ1) is 8.33. The Morgan fingerprint density at radius 2 is 2.06 bits per heavy atom. The predicted molar refractivity (Wildman–Crippen MR) is 71.5 cm³/mol. The molecule has 0 heterocycles. The van der Waals surface area contributed by atoms with Crippen molar-refractivity contribution >= 4 is 11.4 Å². The first-order valence-corrected chi connectivity index (χ1v) is 5.90. The van der Waals surface area contributed by atoms with Gasteiger partial charge in [-0.1, -0.05) is 0 Å². The topological polar surface area (TPSA) is 58.7 Å². The zero-order valence-electron chi connectivity index (χ0n) is 11.3. The monoisotopic (exact) mass is 256 g/mol. The van der Waals surface area contributed by atoms with E-state index in [0.29, 0.717) is 18.0 Å². The maximum Gasteiger partial charge on any atom is 0.167 e. The number of benzene rings is 1. The second-order valence-electron chi connectivity index (χ2n) is 4.80. The van der Waals surface area contributed by atoms with Crippen molar-refractivity contribution < 1.29 is 14.2 Å². The molecule has 3 N–H and O–H groups in total. The lowest BCUT2D eigenvalue weighted by molar-refractivity contribution is 0.216. The number of halogens is 1. The summed E-state index contributed by atoms with van der Waals surface area (Å²) in [6, 6.07) is 2.80. The third-order valence-electron chi connectivity index (χ3n) is 3.04. The molecule has 0 aliphatic rings. The van der Waals surface area contributed by atoms with E-state index in [0.717, 1.165) is 0 Å². The van der Waals surface area contributed by atoms with E-state index in [2.05, 4.69) is 0 Å². The molecular formula is C13H21FN2O2. The predicted octanol–water partition coefficient (Wildman–Crippen LogP) is 2.01. The lowest BCUT2D eigenvalue weighted by Crippen LogP contribution is -2.44. The van der Waals surface area contributed by atoms with Crippen molar-refractivity contribution in [3.05, 3.63) is 17.9 Å². The first-order valence-electron chi connectivity index (χ1n) is 5.90. The Hall–Kier alpha value is -1.49. The fourth-order valence-corrected chi connectivity index (χ4v) is 1.55. The van der Waals surface area contributed by atoms with Crippen molar-refractivity contribution in [1.29, 1.82) is 0 Å². The van der Waals surface area contributed by atoms with Gasteiger partial charge >= 0.3 is 0 Å². The maximum absolute atomic E-state index is 13.6. The number of hydrogen-bond acceptors (Lipinski definition) is 4. The van der Waals surface area contributed by atoms with Crippen LogP contribution in [-0.4, -0.2) is 30.9 Å². The fraction of sp³-hybridized carbons (Fsp3) is 0.538. The van der Waals surface area contributed by atoms with Crippen molar-refractivity contribution in [3.63, 3.8) is 0 Å². The van der Waals surface area contributed by atoms with Crippen LogP contribution in [0.15, 0.2) is 12.1 Å². The number of aliphatic hydroxyl groups is 1. The van der Waals surface area contributed by atoms with Gasteiger partial charge in [0.25, 0.3) is 0 Å². The Bertz CT molecular complexity index is 422. The Morgan fingerprint density at radius 1 is 1.44 bits per heavy atom. The molecule has 102 valence electrons. The van der Waals surface area contributed by atoms with Crippen LogP contribution in [0, 0.1) is 5.82 Å². The summed E-state index contributed by atoms with van der Waals surface area (Å²) in [5.74, 6) is -0.310. The fourth-order valence-electron chi connectivity index (χ4n) is 1.55. The third kappa shape index (κ3) is 2.85. The van der Waals surface area contributed by atoms with Crippen LogP contribution >= 0.6 is 0 Å². The van der Waals surface area contributed by atoms with Crippen LogP contribution < -0.4 is 15.4 Å². The number of nitrogen functional groups attached to an aromatic ring is 1. The van der Waals surface area contributed by atoms with Crippen molar-refractivity contribution in [2.75, 3.05) is 30.9 Å². The second kappa shape index (κ2) is 5.44. The first kappa shape index (κ1) is 14.6. The van der Waals surface area contributed by atoms with Crippen LogP contribution in [0.5, 0.6) is 5.75 Å². The Morgan fingerprint density at radius 3 is 2.56 bits per heavy atom. The lowest BCUT2D eigenvalue weighted by atomic mass is 10.0. The van der Waals surface area contributed by atoms with E-state index in [4.69, 9.17) is 10.5 Å². The van der Waals surface area contributed by atoms with E-state index in [-0.39, 0.29) is 12.4 Å². The molecule has 0 aromatic heterocycles. The lowest BCUT2D eigenvalue weighted by Gasteiger charge is -2.36. The summed E-state index contributed by atoms with van der Waals surface area (Å²) in [7, 11) is 1.80. The summed E-state index contributed by atoms with van der Waals surface area (Å²) < 4.78 is 18.8. The standard InChI is InChI=1S/C13H21FN2O2/c1-5-18-12-7-11(10(15)6-9(12)14)16(4)13(2,3)8-17/h6-7,17H,5,8,15H2,1-4H3. The zero-order valence-corrected chi connectivity index (χ0v) is 11.3. The van der Waals surface area contributed by atoms with E-state index in [1.165, 1.54) is 6.07 Å². The van der Waals surface area contributed by atoms with E-state index in [1.807, 2.05) is 18.7 Å². The minimum absolute atomic E-state index is 0.0374. The van der Waals surface area contributed by atoms with Gasteiger partial charge < -0.3 is 20.5 Å². The van der Waals surface area contributed by atoms with Gasteiger partial charge in [0.15, 0.2) is 11.6 Å². The summed E-state index contributed by atoms with van der Waals surface area (Å²) in [5, 5.41) is 9.36. The highest BCUT2D eigenvalue weighted by Crippen LogP contribution is 2.33. The molecule has 0 spiro atoms. The number of nitrogens with zero attached hydrogens (tertiary/aromatic N) is 1. The van der Waals surface area contributed by atoms with Gasteiger partial charge in [-0.3, -0.25) is 0 Å². The van der Waals surface area contributed by atoms with Crippen LogP contribution in [-0.2, 0) is 0 Å². The molecule has 0 aliphatic carbocycles. The molecule has 0 aliphatic heterocycles. The molecule has 0 radical (unpaired) electrons. The number of hydrogen-bond donors (Lipinski definition) is 2. The Labute approximate surface area is 107 Å². The smallest absolute Gasteiger partial charge is 0.167 e. The van der Waals surface area contributed by atoms with Crippen LogP contribution in [0.1, 0.15) is 20.8 Å². The Kier molecular flexibility index (Phi) is 4.40. The minimum atomic E-state index is -0.491. The van der Waals surface area contributed by atoms with Gasteiger partial charge in [0.05, 0.1) is 30.1 Å². The minimum Gasteiger partial charge on any atom is -0.491 e. The molecular weight excluding hydrogens is 235 g/mol. The number of nitrogens with two attached hydrogens (primary N) is 1. The molecule has 0 saturated carbocycles. The second-order valence-corrected chi connectivity index (χ2v) is 4.80. The maximum atomic E-state index is 13.6. The number of anilines is 2. The number of rotatable bonds is 5. The van der Waals surface area contributed by atoms with Crippen molar-refractivity contribution in [3.8, 4) is 5.75 Å². The molecule has 0 atom stereocenters. The van der Waals surface area contributed by atoms with Gasteiger partial charge in [0, 0.05) is 19.2 Å². The molecule has 18 heavy (non-hydrogen) atoms. The van der Waals surface area contributed by atoms with Gasteiger partial charge in [-0.25, -0.2) is 4.39 Å². The van der Waals surface area contributed by atoms with E-state index in [1.54, 1.807) is 20.0 Å². The summed E-state index contributed by atoms with van der Waals surface area (Å²) in [5.41, 5.74) is 6.29. The average Bonchev–Trinajstić information content (AvgIpc) is 2.32. The number of likely N-dealkylation sites (N-methyl/N-ethyl adjacent to an activating group) is 1.